The SMILES string of the molecule is CN(CCC1CCN(C(=O)c2ccc(Cl)c(N3CCC(=O)NC3=O)c2)CC1)CC1CCC(n2cc(NC(=O)c3cnn4ccc(N5CCC[C@H](N)C5)nc34)c(C(F)F)n2)CC1. The van der Waals surface area contributed by atoms with Crippen molar-refractivity contribution in [2.24, 2.45) is 17.6 Å². The average Bonchev–Trinajstić information content (AvgIpc) is 3.88. The van der Waals surface area contributed by atoms with E-state index in [2.05, 4.69) is 37.7 Å². The molecule has 1 saturated carbocycles. The highest BCUT2D eigenvalue weighted by atomic mass is 35.5. The van der Waals surface area contributed by atoms with Crippen molar-refractivity contribution in [1.29, 1.82) is 0 Å². The number of urea groups is 1. The van der Waals surface area contributed by atoms with Gasteiger partial charge in [-0.15, -0.1) is 0 Å². The number of carbonyl (C=O) groups excluding carboxylic acids is 4. The van der Waals surface area contributed by atoms with Crippen molar-refractivity contribution in [2.75, 3.05) is 68.0 Å². The molecule has 16 nitrogen and oxygen atoms in total. The summed E-state index contributed by atoms with van der Waals surface area (Å²) in [4.78, 5) is 63.4. The zero-order valence-electron chi connectivity index (χ0n) is 34.3. The number of hydrogen-bond acceptors (Lipinski definition) is 10. The summed E-state index contributed by atoms with van der Waals surface area (Å²) in [7, 11) is 2.14. The Labute approximate surface area is 357 Å². The molecule has 4 aromatic rings. The van der Waals surface area contributed by atoms with E-state index in [1.165, 1.54) is 21.8 Å². The number of rotatable bonds is 12. The fourth-order valence-corrected chi connectivity index (χ4v) is 9.45. The van der Waals surface area contributed by atoms with Crippen molar-refractivity contribution in [3.63, 3.8) is 0 Å². The minimum atomic E-state index is -2.87. The summed E-state index contributed by atoms with van der Waals surface area (Å²) >= 11 is 6.39. The Kier molecular flexibility index (Phi) is 12.8. The van der Waals surface area contributed by atoms with E-state index in [0.717, 1.165) is 77.4 Å². The first-order valence-electron chi connectivity index (χ1n) is 21.3. The van der Waals surface area contributed by atoms with E-state index < -0.39 is 24.1 Å². The number of fused-ring (bicyclic) bond motifs is 1. The summed E-state index contributed by atoms with van der Waals surface area (Å²) in [6.07, 6.45) is 10.1. The van der Waals surface area contributed by atoms with Crippen LogP contribution in [0.5, 0.6) is 0 Å². The number of nitrogens with one attached hydrogen (secondary N) is 2. The van der Waals surface area contributed by atoms with E-state index >= 15 is 0 Å². The number of halogens is 3. The van der Waals surface area contributed by atoms with Gasteiger partial charge in [0.15, 0.2) is 11.3 Å². The summed E-state index contributed by atoms with van der Waals surface area (Å²) in [5, 5.41) is 13.8. The first kappa shape index (κ1) is 42.5. The molecule has 326 valence electrons. The zero-order chi connectivity index (χ0) is 42.8. The van der Waals surface area contributed by atoms with E-state index in [4.69, 9.17) is 22.3 Å². The van der Waals surface area contributed by atoms with Crippen molar-refractivity contribution >= 4 is 58.2 Å². The molecule has 0 radical (unpaired) electrons. The number of aromatic nitrogens is 5. The van der Waals surface area contributed by atoms with Gasteiger partial charge in [-0.25, -0.2) is 23.1 Å². The summed E-state index contributed by atoms with van der Waals surface area (Å²) in [5.74, 6) is 0.632. The smallest absolute Gasteiger partial charge is 0.328 e. The van der Waals surface area contributed by atoms with Crippen LogP contribution < -0.4 is 26.2 Å². The molecule has 6 heterocycles. The Bertz CT molecular complexity index is 2250. The van der Waals surface area contributed by atoms with Gasteiger partial charge >= 0.3 is 6.03 Å². The lowest BCUT2D eigenvalue weighted by Gasteiger charge is -2.34. The molecule has 61 heavy (non-hydrogen) atoms. The number of carbonyl (C=O) groups is 4. The quantitative estimate of drug-likeness (QED) is 0.159. The lowest BCUT2D eigenvalue weighted by molar-refractivity contribution is -0.120. The van der Waals surface area contributed by atoms with Crippen LogP contribution >= 0.6 is 11.6 Å². The molecule has 0 unspecified atom stereocenters. The number of imide groups is 1. The Morgan fingerprint density at radius 3 is 2.56 bits per heavy atom. The lowest BCUT2D eigenvalue weighted by atomic mass is 9.85. The van der Waals surface area contributed by atoms with E-state index in [1.54, 1.807) is 29.1 Å². The number of piperidine rings is 2. The Balaban J connectivity index is 0.792. The third kappa shape index (κ3) is 9.65. The third-order valence-electron chi connectivity index (χ3n) is 12.7. The van der Waals surface area contributed by atoms with Gasteiger partial charge in [0.05, 0.1) is 28.6 Å². The normalized spacial score (nSPS) is 21.8. The number of alkyl halides is 2. The van der Waals surface area contributed by atoms with Crippen molar-refractivity contribution in [2.45, 2.75) is 82.7 Å². The van der Waals surface area contributed by atoms with Crippen molar-refractivity contribution in [3.05, 3.63) is 64.7 Å². The van der Waals surface area contributed by atoms with Crippen LogP contribution in [0.1, 0.15) is 103 Å². The highest BCUT2D eigenvalue weighted by Crippen LogP contribution is 2.36. The van der Waals surface area contributed by atoms with Crippen molar-refractivity contribution < 1.29 is 28.0 Å². The molecule has 8 rings (SSSR count). The van der Waals surface area contributed by atoms with Gasteiger partial charge in [-0.2, -0.15) is 10.2 Å². The Morgan fingerprint density at radius 2 is 1.82 bits per heavy atom. The molecule has 3 aromatic heterocycles. The molecule has 0 bridgehead atoms. The van der Waals surface area contributed by atoms with Crippen molar-refractivity contribution in [3.8, 4) is 0 Å². The Morgan fingerprint density at radius 1 is 1.03 bits per heavy atom. The molecule has 3 aliphatic heterocycles. The van der Waals surface area contributed by atoms with Gasteiger partial charge in [0.25, 0.3) is 18.2 Å². The predicted molar refractivity (Wildman–Crippen MR) is 226 cm³/mol. The number of nitrogens with two attached hydrogens (primary N) is 1. The largest absolute Gasteiger partial charge is 0.355 e. The van der Waals surface area contributed by atoms with Gasteiger partial charge in [-0.05, 0) is 107 Å². The minimum Gasteiger partial charge on any atom is -0.355 e. The number of hydrogen-bond donors (Lipinski definition) is 3. The van der Waals surface area contributed by atoms with Crippen LogP contribution in [-0.2, 0) is 4.79 Å². The van der Waals surface area contributed by atoms with E-state index in [9.17, 15) is 28.0 Å². The molecule has 4 aliphatic rings. The van der Waals surface area contributed by atoms with Crippen LogP contribution in [0.3, 0.4) is 0 Å². The molecule has 0 spiro atoms. The van der Waals surface area contributed by atoms with Crippen LogP contribution in [-0.4, -0.2) is 117 Å². The summed E-state index contributed by atoms with van der Waals surface area (Å²) in [6.45, 7) is 4.84. The molecular weight excluding hydrogens is 810 g/mol. The second-order valence-corrected chi connectivity index (χ2v) is 17.4. The minimum absolute atomic E-state index is 0.0170. The molecule has 1 aliphatic carbocycles. The van der Waals surface area contributed by atoms with Crippen LogP contribution in [0.25, 0.3) is 5.65 Å². The van der Waals surface area contributed by atoms with Gasteiger partial charge in [-0.1, -0.05) is 11.6 Å². The number of nitrogens with zero attached hydrogens (tertiary/aromatic N) is 9. The van der Waals surface area contributed by atoms with Gasteiger partial charge in [-0.3, -0.25) is 29.3 Å². The maximum Gasteiger partial charge on any atom is 0.328 e. The van der Waals surface area contributed by atoms with Crippen LogP contribution in [0.4, 0.5) is 30.8 Å². The third-order valence-corrected chi connectivity index (χ3v) is 13.0. The van der Waals surface area contributed by atoms with Crippen molar-refractivity contribution in [1.82, 2.24) is 39.5 Å². The summed E-state index contributed by atoms with van der Waals surface area (Å²) in [6, 6.07) is 6.20. The number of likely N-dealkylation sites (tertiary alicyclic amines) is 1. The molecule has 1 atom stereocenters. The first-order chi connectivity index (χ1) is 29.4. The summed E-state index contributed by atoms with van der Waals surface area (Å²) < 4.78 is 31.6. The fraction of sp³-hybridized carbons (Fsp3) is 0.548. The average molecular weight is 863 g/mol. The number of benzene rings is 1. The Hall–Kier alpha value is -5.20. The van der Waals surface area contributed by atoms with Gasteiger partial charge in [0.2, 0.25) is 5.91 Å². The molecule has 4 fully saturated rings. The van der Waals surface area contributed by atoms with E-state index in [-0.39, 0.29) is 48.1 Å². The molecular formula is C42H53ClF2N12O4. The molecule has 1 aromatic carbocycles. The second kappa shape index (κ2) is 18.4. The fourth-order valence-electron chi connectivity index (χ4n) is 9.23. The van der Waals surface area contributed by atoms with E-state index in [0.29, 0.717) is 59.2 Å². The monoisotopic (exact) mass is 862 g/mol. The van der Waals surface area contributed by atoms with E-state index in [1.807, 2.05) is 11.0 Å². The molecule has 5 amide bonds. The molecule has 4 N–H and O–H groups in total. The number of amides is 5. The predicted octanol–water partition coefficient (Wildman–Crippen LogP) is 5.75. The lowest BCUT2D eigenvalue weighted by Crippen LogP contribution is -2.49. The van der Waals surface area contributed by atoms with Gasteiger partial charge < -0.3 is 25.8 Å². The summed E-state index contributed by atoms with van der Waals surface area (Å²) in [5.41, 5.74) is 7.08. The van der Waals surface area contributed by atoms with Crippen LogP contribution in [0.15, 0.2) is 42.9 Å². The van der Waals surface area contributed by atoms with Gasteiger partial charge in [0, 0.05) is 69.7 Å². The second-order valence-electron chi connectivity index (χ2n) is 17.0. The molecule has 19 heteroatoms. The van der Waals surface area contributed by atoms with Crippen LogP contribution in [0.2, 0.25) is 5.02 Å². The molecule has 3 saturated heterocycles. The first-order valence-corrected chi connectivity index (χ1v) is 21.7. The van der Waals surface area contributed by atoms with Gasteiger partial charge in [0.1, 0.15) is 11.4 Å². The maximum atomic E-state index is 14.3. The van der Waals surface area contributed by atoms with Crippen LogP contribution in [0, 0.1) is 11.8 Å². The highest BCUT2D eigenvalue weighted by molar-refractivity contribution is 6.34. The topological polar surface area (TPSA) is 179 Å². The number of anilines is 3. The zero-order valence-corrected chi connectivity index (χ0v) is 35.1. The maximum absolute atomic E-state index is 14.3. The highest BCUT2D eigenvalue weighted by Gasteiger charge is 2.31. The standard InChI is InChI=1S/C42H53ClF2N12O4/c1-52(16-10-26-11-17-53(18-12-26)41(60)28-6-9-32(43)34(21-28)55-19-14-36(58)50-42(55)61)23-27-4-7-30(8-5-27)57-25-33(37(51-57)38(44)45)48-40(59)31-22-47-56-20-13-35(49-39(31)56)54-15-2-3-29(46)24-54/h6,9,13,20-22,25-27,29-30,38H,2-5,7-8,10-12,14-19,23-24,46H2,1H3,(H,48,59)(H,50,58,61)/t27?,29-,30?/m0/s1.